The molecule has 0 aliphatic heterocycles. The Morgan fingerprint density at radius 3 is 2.25 bits per heavy atom. The number of hydrogen-bond acceptors (Lipinski definition) is 2. The minimum atomic E-state index is -0.347. The van der Waals surface area contributed by atoms with Gasteiger partial charge >= 0.3 is 0 Å². The van der Waals surface area contributed by atoms with Gasteiger partial charge in [0.25, 0.3) is 0 Å². The van der Waals surface area contributed by atoms with E-state index in [-0.39, 0.29) is 6.10 Å². The highest BCUT2D eigenvalue weighted by molar-refractivity contribution is 5.23. The standard InChI is InChI=1S/C9H12O.C5H8O/c1-7-4-3-5-9(6-7)8(2)10;1-2-3-4-5-6/h3-6,8,10H,1-2H3;2-6H,1H3/b;3-2-,5-4-. The minimum absolute atomic E-state index is 0.347. The Balaban J connectivity index is 0.000000325. The predicted molar refractivity (Wildman–Crippen MR) is 68.4 cm³/mol. The van der Waals surface area contributed by atoms with Crippen LogP contribution in [0.4, 0.5) is 0 Å². The van der Waals surface area contributed by atoms with E-state index < -0.39 is 0 Å². The molecule has 0 saturated heterocycles. The van der Waals surface area contributed by atoms with Crippen LogP contribution in [0.15, 0.2) is 48.8 Å². The summed E-state index contributed by atoms with van der Waals surface area (Å²) in [6.45, 7) is 5.68. The lowest BCUT2D eigenvalue weighted by molar-refractivity contribution is 0.199. The molecule has 2 heteroatoms. The third kappa shape index (κ3) is 6.85. The van der Waals surface area contributed by atoms with E-state index in [0.717, 1.165) is 11.8 Å². The van der Waals surface area contributed by atoms with Crippen molar-refractivity contribution in [3.8, 4) is 0 Å². The van der Waals surface area contributed by atoms with Crippen LogP contribution in [0.3, 0.4) is 0 Å². The van der Waals surface area contributed by atoms with Gasteiger partial charge in [-0.05, 0) is 32.4 Å². The first-order valence-corrected chi connectivity index (χ1v) is 5.28. The lowest BCUT2D eigenvalue weighted by Crippen LogP contribution is -1.89. The maximum Gasteiger partial charge on any atom is 0.0791 e. The van der Waals surface area contributed by atoms with Crippen LogP contribution < -0.4 is 0 Å². The van der Waals surface area contributed by atoms with Gasteiger partial charge in [-0.15, -0.1) is 0 Å². The monoisotopic (exact) mass is 220 g/mol. The first-order chi connectivity index (χ1) is 7.61. The maximum absolute atomic E-state index is 9.15. The largest absolute Gasteiger partial charge is 0.516 e. The zero-order valence-electron chi connectivity index (χ0n) is 10.1. The van der Waals surface area contributed by atoms with Crippen LogP contribution in [0.5, 0.6) is 0 Å². The van der Waals surface area contributed by atoms with E-state index >= 15 is 0 Å². The summed E-state index contributed by atoms with van der Waals surface area (Å²) < 4.78 is 0. The van der Waals surface area contributed by atoms with Crippen molar-refractivity contribution in [2.24, 2.45) is 0 Å². The van der Waals surface area contributed by atoms with Crippen LogP contribution in [-0.4, -0.2) is 10.2 Å². The molecule has 1 atom stereocenters. The average Bonchev–Trinajstić information content (AvgIpc) is 2.27. The topological polar surface area (TPSA) is 40.5 Å². The van der Waals surface area contributed by atoms with E-state index in [1.165, 1.54) is 5.56 Å². The minimum Gasteiger partial charge on any atom is -0.516 e. The third-order valence-corrected chi connectivity index (χ3v) is 1.91. The molecule has 1 unspecified atom stereocenters. The van der Waals surface area contributed by atoms with Gasteiger partial charge in [-0.2, -0.15) is 0 Å². The lowest BCUT2D eigenvalue weighted by atomic mass is 10.1. The van der Waals surface area contributed by atoms with Gasteiger partial charge in [0.05, 0.1) is 12.4 Å². The zero-order valence-corrected chi connectivity index (χ0v) is 10.1. The van der Waals surface area contributed by atoms with Crippen molar-refractivity contribution < 1.29 is 10.2 Å². The van der Waals surface area contributed by atoms with Crippen LogP contribution in [0, 0.1) is 6.92 Å². The number of aliphatic hydroxyl groups excluding tert-OH is 2. The Morgan fingerprint density at radius 1 is 1.25 bits per heavy atom. The van der Waals surface area contributed by atoms with E-state index in [9.17, 15) is 0 Å². The van der Waals surface area contributed by atoms with Crippen LogP contribution in [0.25, 0.3) is 0 Å². The Morgan fingerprint density at radius 2 is 1.94 bits per heavy atom. The summed E-state index contributed by atoms with van der Waals surface area (Å²) in [4.78, 5) is 0. The van der Waals surface area contributed by atoms with Crippen LogP contribution in [0.2, 0.25) is 0 Å². The van der Waals surface area contributed by atoms with Crippen molar-refractivity contribution in [1.29, 1.82) is 0 Å². The molecule has 0 aliphatic carbocycles. The predicted octanol–water partition coefficient (Wildman–Crippen LogP) is 3.68. The van der Waals surface area contributed by atoms with E-state index in [2.05, 4.69) is 0 Å². The second-order valence-electron chi connectivity index (χ2n) is 3.46. The Labute approximate surface area is 97.6 Å². The molecule has 0 spiro atoms. The lowest BCUT2D eigenvalue weighted by Gasteiger charge is -2.03. The number of allylic oxidation sites excluding steroid dienone is 3. The van der Waals surface area contributed by atoms with Crippen LogP contribution >= 0.6 is 0 Å². The molecule has 1 aromatic carbocycles. The summed E-state index contributed by atoms with van der Waals surface area (Å²) in [5.74, 6) is 0. The molecule has 0 fully saturated rings. The number of rotatable bonds is 2. The maximum atomic E-state index is 9.15. The first kappa shape index (κ1) is 14.5. The summed E-state index contributed by atoms with van der Waals surface area (Å²) in [5.41, 5.74) is 2.18. The van der Waals surface area contributed by atoms with Gasteiger partial charge < -0.3 is 10.2 Å². The molecule has 1 rings (SSSR count). The SMILES string of the molecule is C/C=C\C=C/O.Cc1cccc(C(C)O)c1. The zero-order chi connectivity index (χ0) is 12.4. The second kappa shape index (κ2) is 8.74. The summed E-state index contributed by atoms with van der Waals surface area (Å²) in [6.07, 6.45) is 5.80. The molecule has 0 radical (unpaired) electrons. The number of hydrogen-bond donors (Lipinski definition) is 2. The summed E-state index contributed by atoms with van der Waals surface area (Å²) in [5, 5.41) is 17.1. The summed E-state index contributed by atoms with van der Waals surface area (Å²) in [7, 11) is 0. The number of aliphatic hydroxyl groups is 2. The van der Waals surface area contributed by atoms with E-state index in [1.54, 1.807) is 19.1 Å². The summed E-state index contributed by atoms with van der Waals surface area (Å²) >= 11 is 0. The van der Waals surface area contributed by atoms with Gasteiger partial charge in [-0.3, -0.25) is 0 Å². The molecule has 2 nitrogen and oxygen atoms in total. The fourth-order valence-electron chi connectivity index (χ4n) is 1.09. The molecule has 88 valence electrons. The van der Waals surface area contributed by atoms with E-state index in [0.29, 0.717) is 0 Å². The van der Waals surface area contributed by atoms with Crippen molar-refractivity contribution in [2.45, 2.75) is 26.9 Å². The Bertz CT molecular complexity index is 328. The fourth-order valence-corrected chi connectivity index (χ4v) is 1.09. The average molecular weight is 220 g/mol. The van der Waals surface area contributed by atoms with E-state index in [4.69, 9.17) is 10.2 Å². The number of aryl methyl sites for hydroxylation is 1. The molecular formula is C14H20O2. The van der Waals surface area contributed by atoms with Gasteiger partial charge in [0.15, 0.2) is 0 Å². The molecule has 0 saturated carbocycles. The van der Waals surface area contributed by atoms with Crippen molar-refractivity contribution in [1.82, 2.24) is 0 Å². The molecule has 2 N–H and O–H groups in total. The van der Waals surface area contributed by atoms with Crippen molar-refractivity contribution in [2.75, 3.05) is 0 Å². The quantitative estimate of drug-likeness (QED) is 0.589. The van der Waals surface area contributed by atoms with E-state index in [1.807, 2.05) is 44.2 Å². The fraction of sp³-hybridized carbons (Fsp3) is 0.286. The highest BCUT2D eigenvalue weighted by Crippen LogP contribution is 2.12. The van der Waals surface area contributed by atoms with Crippen molar-refractivity contribution in [3.05, 3.63) is 59.9 Å². The van der Waals surface area contributed by atoms with Crippen LogP contribution in [-0.2, 0) is 0 Å². The van der Waals surface area contributed by atoms with Crippen molar-refractivity contribution >= 4 is 0 Å². The van der Waals surface area contributed by atoms with Gasteiger partial charge in [0.1, 0.15) is 0 Å². The molecule has 0 amide bonds. The summed E-state index contributed by atoms with van der Waals surface area (Å²) in [6, 6.07) is 7.89. The Hall–Kier alpha value is -1.54. The molecule has 1 aromatic rings. The van der Waals surface area contributed by atoms with Gasteiger partial charge in [-0.25, -0.2) is 0 Å². The molecule has 0 aliphatic rings. The van der Waals surface area contributed by atoms with Gasteiger partial charge in [0.2, 0.25) is 0 Å². The van der Waals surface area contributed by atoms with Crippen molar-refractivity contribution in [3.63, 3.8) is 0 Å². The third-order valence-electron chi connectivity index (χ3n) is 1.91. The molecule has 0 aromatic heterocycles. The number of benzene rings is 1. The first-order valence-electron chi connectivity index (χ1n) is 5.28. The molecule has 16 heavy (non-hydrogen) atoms. The highest BCUT2D eigenvalue weighted by atomic mass is 16.3. The van der Waals surface area contributed by atoms with Gasteiger partial charge in [0, 0.05) is 0 Å². The highest BCUT2D eigenvalue weighted by Gasteiger charge is 1.97. The van der Waals surface area contributed by atoms with Crippen LogP contribution in [0.1, 0.15) is 31.1 Å². The smallest absolute Gasteiger partial charge is 0.0791 e. The van der Waals surface area contributed by atoms with Gasteiger partial charge in [-0.1, -0.05) is 42.0 Å². The normalized spacial score (nSPS) is 12.5. The second-order valence-corrected chi connectivity index (χ2v) is 3.46. The molecule has 0 bridgehead atoms. The molecular weight excluding hydrogens is 200 g/mol. The Kier molecular flexibility index (Phi) is 7.90. The molecule has 0 heterocycles.